The number of thiazole rings is 2. The standard InChI is InChI=1S/C12H8N4O2S3/c13-11-16-9(6-19-11)18-14-5-10(17)21-12-15-7-3-1-2-4-8(7)20-12/h1-6H,(H2,13,16). The van der Waals surface area contributed by atoms with E-state index in [1.807, 2.05) is 24.3 Å². The van der Waals surface area contributed by atoms with E-state index in [4.69, 9.17) is 10.6 Å². The monoisotopic (exact) mass is 336 g/mol. The Balaban J connectivity index is 1.60. The molecular formula is C12H8N4O2S3. The van der Waals surface area contributed by atoms with E-state index in [9.17, 15) is 4.79 Å². The lowest BCUT2D eigenvalue weighted by Gasteiger charge is -1.91. The number of para-hydroxylation sites is 1. The third kappa shape index (κ3) is 3.57. The lowest BCUT2D eigenvalue weighted by molar-refractivity contribution is -0.105. The highest BCUT2D eigenvalue weighted by molar-refractivity contribution is 8.16. The number of benzene rings is 1. The molecule has 0 aliphatic heterocycles. The van der Waals surface area contributed by atoms with Crippen molar-refractivity contribution in [3.63, 3.8) is 0 Å². The molecule has 6 nitrogen and oxygen atoms in total. The largest absolute Gasteiger partial charge is 0.375 e. The number of nitrogens with two attached hydrogens (primary N) is 1. The average Bonchev–Trinajstić information content (AvgIpc) is 3.04. The molecule has 2 N–H and O–H groups in total. The first-order valence-corrected chi connectivity index (χ1v) is 8.21. The topological polar surface area (TPSA) is 90.5 Å². The molecule has 2 aromatic heterocycles. The van der Waals surface area contributed by atoms with Crippen LogP contribution in [-0.2, 0) is 4.79 Å². The number of thioether (sulfide) groups is 1. The molecule has 3 rings (SSSR count). The number of hydrogen-bond acceptors (Lipinski definition) is 9. The van der Waals surface area contributed by atoms with E-state index in [1.165, 1.54) is 22.7 Å². The van der Waals surface area contributed by atoms with Gasteiger partial charge in [-0.05, 0) is 23.9 Å². The molecule has 0 atom stereocenters. The molecule has 9 heteroatoms. The van der Waals surface area contributed by atoms with Crippen molar-refractivity contribution >= 4 is 61.1 Å². The van der Waals surface area contributed by atoms with E-state index in [0.717, 1.165) is 28.2 Å². The zero-order chi connectivity index (χ0) is 14.7. The number of aromatic nitrogens is 2. The molecule has 0 fully saturated rings. The Bertz CT molecular complexity index is 779. The summed E-state index contributed by atoms with van der Waals surface area (Å²) in [7, 11) is 0. The molecule has 0 unspecified atom stereocenters. The zero-order valence-corrected chi connectivity index (χ0v) is 12.9. The molecule has 0 spiro atoms. The van der Waals surface area contributed by atoms with Crippen LogP contribution < -0.4 is 10.6 Å². The van der Waals surface area contributed by atoms with E-state index in [1.54, 1.807) is 5.38 Å². The molecule has 0 saturated heterocycles. The Morgan fingerprint density at radius 3 is 3.00 bits per heavy atom. The van der Waals surface area contributed by atoms with Gasteiger partial charge in [-0.1, -0.05) is 17.3 Å². The summed E-state index contributed by atoms with van der Waals surface area (Å²) >= 11 is 3.70. The molecule has 2 heterocycles. The molecule has 0 saturated carbocycles. The fraction of sp³-hybridized carbons (Fsp3) is 0. The molecule has 3 aromatic rings. The lowest BCUT2D eigenvalue weighted by atomic mass is 10.3. The fourth-order valence-corrected chi connectivity index (χ4v) is 3.70. The van der Waals surface area contributed by atoms with Gasteiger partial charge in [0.1, 0.15) is 6.21 Å². The lowest BCUT2D eigenvalue weighted by Crippen LogP contribution is -1.95. The smallest absolute Gasteiger partial charge is 0.261 e. The summed E-state index contributed by atoms with van der Waals surface area (Å²) in [6.07, 6.45) is 1.09. The van der Waals surface area contributed by atoms with Crippen LogP contribution in [-0.4, -0.2) is 21.3 Å². The highest BCUT2D eigenvalue weighted by Crippen LogP contribution is 2.29. The van der Waals surface area contributed by atoms with Gasteiger partial charge < -0.3 is 10.6 Å². The minimum Gasteiger partial charge on any atom is -0.375 e. The summed E-state index contributed by atoms with van der Waals surface area (Å²) in [5.41, 5.74) is 6.33. The Labute approximate surface area is 131 Å². The van der Waals surface area contributed by atoms with Crippen LogP contribution in [0.5, 0.6) is 5.88 Å². The van der Waals surface area contributed by atoms with Crippen molar-refractivity contribution in [3.8, 4) is 5.88 Å². The Morgan fingerprint density at radius 2 is 2.24 bits per heavy atom. The van der Waals surface area contributed by atoms with E-state index >= 15 is 0 Å². The van der Waals surface area contributed by atoms with Crippen molar-refractivity contribution in [2.24, 2.45) is 5.16 Å². The molecule has 106 valence electrons. The molecular weight excluding hydrogens is 328 g/mol. The molecule has 0 bridgehead atoms. The number of hydrogen-bond donors (Lipinski definition) is 1. The second-order valence-electron chi connectivity index (χ2n) is 3.72. The number of anilines is 1. The predicted octanol–water partition coefficient (Wildman–Crippen LogP) is 3.02. The van der Waals surface area contributed by atoms with Gasteiger partial charge in [0.25, 0.3) is 5.88 Å². The number of carbonyl (C=O) groups excluding carboxylic acids is 1. The van der Waals surface area contributed by atoms with Crippen molar-refractivity contribution in [1.82, 2.24) is 9.97 Å². The van der Waals surface area contributed by atoms with Gasteiger partial charge in [0, 0.05) is 0 Å². The van der Waals surface area contributed by atoms with E-state index in [2.05, 4.69) is 15.1 Å². The van der Waals surface area contributed by atoms with Crippen LogP contribution in [0.3, 0.4) is 0 Å². The van der Waals surface area contributed by atoms with Crippen LogP contribution in [0.25, 0.3) is 10.2 Å². The number of nitrogens with zero attached hydrogens (tertiary/aromatic N) is 3. The van der Waals surface area contributed by atoms with Crippen LogP contribution in [0.2, 0.25) is 0 Å². The van der Waals surface area contributed by atoms with E-state index in [-0.39, 0.29) is 11.0 Å². The molecule has 0 aliphatic rings. The highest BCUT2D eigenvalue weighted by Gasteiger charge is 2.08. The minimum absolute atomic E-state index is 0.266. The summed E-state index contributed by atoms with van der Waals surface area (Å²) < 4.78 is 1.71. The Hall–Kier alpha value is -1.97. The van der Waals surface area contributed by atoms with Gasteiger partial charge in [0.2, 0.25) is 5.12 Å². The van der Waals surface area contributed by atoms with Crippen LogP contribution in [0, 0.1) is 0 Å². The van der Waals surface area contributed by atoms with Crippen LogP contribution in [0.15, 0.2) is 39.1 Å². The zero-order valence-electron chi connectivity index (χ0n) is 10.4. The first-order chi connectivity index (χ1) is 10.2. The van der Waals surface area contributed by atoms with Crippen molar-refractivity contribution in [2.45, 2.75) is 4.34 Å². The second kappa shape index (κ2) is 6.20. The van der Waals surface area contributed by atoms with Gasteiger partial charge >= 0.3 is 0 Å². The van der Waals surface area contributed by atoms with Gasteiger partial charge in [-0.25, -0.2) is 4.98 Å². The van der Waals surface area contributed by atoms with Gasteiger partial charge in [-0.3, -0.25) is 4.79 Å². The number of nitrogen functional groups attached to an aromatic ring is 1. The van der Waals surface area contributed by atoms with Crippen molar-refractivity contribution in [2.75, 3.05) is 5.73 Å². The SMILES string of the molecule is Nc1nc(ON=CC(=O)Sc2nc3ccccc3s2)cs1. The summed E-state index contributed by atoms with van der Waals surface area (Å²) in [5.74, 6) is 0.270. The fourth-order valence-electron chi connectivity index (χ4n) is 1.44. The third-order valence-electron chi connectivity index (χ3n) is 2.27. The van der Waals surface area contributed by atoms with Crippen molar-refractivity contribution in [3.05, 3.63) is 29.6 Å². The maximum Gasteiger partial charge on any atom is 0.261 e. The van der Waals surface area contributed by atoms with Crippen molar-refractivity contribution < 1.29 is 9.63 Å². The van der Waals surface area contributed by atoms with Gasteiger partial charge in [0.05, 0.1) is 15.6 Å². The predicted molar refractivity (Wildman–Crippen MR) is 86.1 cm³/mol. The van der Waals surface area contributed by atoms with Gasteiger partial charge in [0.15, 0.2) is 9.47 Å². The molecule has 0 radical (unpaired) electrons. The summed E-state index contributed by atoms with van der Waals surface area (Å²) in [4.78, 5) is 24.9. The molecule has 1 aromatic carbocycles. The number of fused-ring (bicyclic) bond motifs is 1. The van der Waals surface area contributed by atoms with E-state index < -0.39 is 0 Å². The summed E-state index contributed by atoms with van der Waals surface area (Å²) in [5, 5.41) is 5.30. The normalized spacial score (nSPS) is 11.2. The Kier molecular flexibility index (Phi) is 4.13. The molecule has 0 amide bonds. The second-order valence-corrected chi connectivity index (χ2v) is 6.89. The van der Waals surface area contributed by atoms with Crippen LogP contribution in [0.4, 0.5) is 5.13 Å². The molecule has 0 aliphatic carbocycles. The summed E-state index contributed by atoms with van der Waals surface area (Å²) in [6.45, 7) is 0. The highest BCUT2D eigenvalue weighted by atomic mass is 32.2. The van der Waals surface area contributed by atoms with Gasteiger partial charge in [-0.15, -0.1) is 22.7 Å². The maximum atomic E-state index is 11.7. The number of carbonyl (C=O) groups is 1. The van der Waals surface area contributed by atoms with Gasteiger partial charge in [-0.2, -0.15) is 4.98 Å². The first-order valence-electron chi connectivity index (χ1n) is 5.69. The Morgan fingerprint density at radius 1 is 1.38 bits per heavy atom. The van der Waals surface area contributed by atoms with Crippen LogP contribution >= 0.6 is 34.4 Å². The minimum atomic E-state index is -0.266. The van der Waals surface area contributed by atoms with Crippen LogP contribution in [0.1, 0.15) is 0 Å². The number of rotatable bonds is 4. The average molecular weight is 336 g/mol. The maximum absolute atomic E-state index is 11.7. The van der Waals surface area contributed by atoms with Crippen molar-refractivity contribution in [1.29, 1.82) is 0 Å². The number of oxime groups is 1. The van der Waals surface area contributed by atoms with E-state index in [0.29, 0.717) is 9.47 Å². The quantitative estimate of drug-likeness (QED) is 0.447. The third-order valence-corrected chi connectivity index (χ3v) is 4.82. The molecule has 21 heavy (non-hydrogen) atoms. The summed E-state index contributed by atoms with van der Waals surface area (Å²) in [6, 6.07) is 7.72. The first kappa shape index (κ1) is 14.0.